The molecule has 21 heavy (non-hydrogen) atoms. The number of alkyl halides is 2. The van der Waals surface area contributed by atoms with Crippen LogP contribution in [-0.4, -0.2) is 12.5 Å². The fraction of sp³-hybridized carbons (Fsp3) is 0.0667. The van der Waals surface area contributed by atoms with Gasteiger partial charge in [0.25, 0.3) is 5.91 Å². The zero-order valence-corrected chi connectivity index (χ0v) is 10.7. The maximum atomic E-state index is 12.1. The van der Waals surface area contributed by atoms with Gasteiger partial charge in [0.05, 0.1) is 11.6 Å². The van der Waals surface area contributed by atoms with Crippen LogP contribution >= 0.6 is 0 Å². The van der Waals surface area contributed by atoms with E-state index in [-0.39, 0.29) is 11.3 Å². The molecule has 0 saturated carbocycles. The first-order valence-electron chi connectivity index (χ1n) is 5.95. The molecule has 2 rings (SSSR count). The summed E-state index contributed by atoms with van der Waals surface area (Å²) >= 11 is 0. The predicted octanol–water partition coefficient (Wildman–Crippen LogP) is 3.41. The van der Waals surface area contributed by atoms with E-state index in [1.165, 1.54) is 24.3 Å². The Kier molecular flexibility index (Phi) is 4.46. The van der Waals surface area contributed by atoms with E-state index in [0.717, 1.165) is 0 Å². The Labute approximate surface area is 119 Å². The summed E-state index contributed by atoms with van der Waals surface area (Å²) in [4.78, 5) is 12.0. The lowest BCUT2D eigenvalue weighted by Crippen LogP contribution is -2.12. The summed E-state index contributed by atoms with van der Waals surface area (Å²) in [6.45, 7) is -2.94. The molecule has 0 saturated heterocycles. The maximum Gasteiger partial charge on any atom is 0.387 e. The minimum absolute atomic E-state index is 0.0857. The summed E-state index contributed by atoms with van der Waals surface area (Å²) in [7, 11) is 0. The Balaban J connectivity index is 2.10. The Morgan fingerprint density at radius 2 is 1.90 bits per heavy atom. The summed E-state index contributed by atoms with van der Waals surface area (Å²) in [5.74, 6) is -0.545. The van der Waals surface area contributed by atoms with Crippen molar-refractivity contribution in [2.75, 3.05) is 5.32 Å². The van der Waals surface area contributed by atoms with Crippen LogP contribution in [0.4, 0.5) is 14.5 Å². The maximum absolute atomic E-state index is 12.1. The number of ether oxygens (including phenoxy) is 1. The van der Waals surface area contributed by atoms with E-state index in [1.54, 1.807) is 24.3 Å². The van der Waals surface area contributed by atoms with Gasteiger partial charge >= 0.3 is 6.61 Å². The Bertz CT molecular complexity index is 679. The smallest absolute Gasteiger partial charge is 0.387 e. The quantitative estimate of drug-likeness (QED) is 0.937. The number of amides is 1. The molecule has 0 aliphatic carbocycles. The first-order chi connectivity index (χ1) is 10.1. The van der Waals surface area contributed by atoms with Gasteiger partial charge in [-0.3, -0.25) is 4.79 Å². The van der Waals surface area contributed by atoms with E-state index < -0.39 is 12.5 Å². The van der Waals surface area contributed by atoms with E-state index in [2.05, 4.69) is 10.1 Å². The number of nitrogens with zero attached hydrogens (tertiary/aromatic N) is 1. The lowest BCUT2D eigenvalue weighted by atomic mass is 10.2. The molecule has 0 aliphatic heterocycles. The third kappa shape index (κ3) is 4.01. The molecular weight excluding hydrogens is 278 g/mol. The average molecular weight is 288 g/mol. The summed E-state index contributed by atoms with van der Waals surface area (Å²) in [5.41, 5.74) is 1.16. The highest BCUT2D eigenvalue weighted by Crippen LogP contribution is 2.17. The molecule has 0 atom stereocenters. The highest BCUT2D eigenvalue weighted by molar-refractivity contribution is 6.04. The number of nitriles is 1. The van der Waals surface area contributed by atoms with Crippen molar-refractivity contribution < 1.29 is 18.3 Å². The molecule has 0 fully saturated rings. The highest BCUT2D eigenvalue weighted by Gasteiger charge is 2.09. The van der Waals surface area contributed by atoms with Crippen molar-refractivity contribution in [2.24, 2.45) is 0 Å². The van der Waals surface area contributed by atoms with Crippen LogP contribution in [0.2, 0.25) is 0 Å². The fourth-order valence-corrected chi connectivity index (χ4v) is 1.64. The van der Waals surface area contributed by atoms with Crippen LogP contribution in [-0.2, 0) is 0 Å². The first kappa shape index (κ1) is 14.5. The number of hydrogen-bond acceptors (Lipinski definition) is 3. The summed E-state index contributed by atoms with van der Waals surface area (Å²) in [6.07, 6.45) is 0. The van der Waals surface area contributed by atoms with Crippen molar-refractivity contribution in [1.29, 1.82) is 5.26 Å². The van der Waals surface area contributed by atoms with Crippen molar-refractivity contribution in [3.63, 3.8) is 0 Å². The topological polar surface area (TPSA) is 62.1 Å². The van der Waals surface area contributed by atoms with Gasteiger partial charge in [0.1, 0.15) is 5.75 Å². The lowest BCUT2D eigenvalue weighted by molar-refractivity contribution is -0.0498. The molecule has 1 N–H and O–H groups in total. The van der Waals surface area contributed by atoms with Gasteiger partial charge in [-0.1, -0.05) is 6.07 Å². The van der Waals surface area contributed by atoms with Gasteiger partial charge < -0.3 is 10.1 Å². The second-order valence-electron chi connectivity index (χ2n) is 4.05. The van der Waals surface area contributed by atoms with Crippen molar-refractivity contribution in [3.05, 3.63) is 59.7 Å². The molecule has 0 heterocycles. The predicted molar refractivity (Wildman–Crippen MR) is 72.2 cm³/mol. The van der Waals surface area contributed by atoms with Gasteiger partial charge in [0.2, 0.25) is 0 Å². The molecule has 2 aromatic rings. The van der Waals surface area contributed by atoms with Crippen molar-refractivity contribution in [2.45, 2.75) is 6.61 Å². The summed E-state index contributed by atoms with van der Waals surface area (Å²) in [6, 6.07) is 13.7. The van der Waals surface area contributed by atoms with E-state index in [9.17, 15) is 13.6 Å². The number of benzene rings is 2. The van der Waals surface area contributed by atoms with E-state index >= 15 is 0 Å². The molecule has 0 radical (unpaired) electrons. The standard InChI is InChI=1S/C15H10F2N2O2/c16-15(17)21-13-3-1-2-11(8-13)14(20)19-12-6-4-10(9-18)5-7-12/h1-8,15H,(H,19,20). The number of halogens is 2. The van der Waals surface area contributed by atoms with Crippen LogP contribution in [0.3, 0.4) is 0 Å². The molecule has 2 aromatic carbocycles. The van der Waals surface area contributed by atoms with E-state index in [4.69, 9.17) is 5.26 Å². The molecule has 0 spiro atoms. The lowest BCUT2D eigenvalue weighted by Gasteiger charge is -2.08. The number of rotatable bonds is 4. The molecule has 106 valence electrons. The first-order valence-corrected chi connectivity index (χ1v) is 5.95. The Morgan fingerprint density at radius 3 is 2.52 bits per heavy atom. The number of anilines is 1. The summed E-state index contributed by atoms with van der Waals surface area (Å²) in [5, 5.41) is 11.3. The van der Waals surface area contributed by atoms with Gasteiger partial charge in [0, 0.05) is 11.3 Å². The van der Waals surface area contributed by atoms with Gasteiger partial charge in [-0.05, 0) is 42.5 Å². The zero-order chi connectivity index (χ0) is 15.2. The second kappa shape index (κ2) is 6.48. The van der Waals surface area contributed by atoms with E-state index in [1.807, 2.05) is 6.07 Å². The minimum atomic E-state index is -2.94. The van der Waals surface area contributed by atoms with Gasteiger partial charge in [-0.2, -0.15) is 14.0 Å². The van der Waals surface area contributed by atoms with Crippen molar-refractivity contribution in [3.8, 4) is 11.8 Å². The average Bonchev–Trinajstić information content (AvgIpc) is 2.47. The van der Waals surface area contributed by atoms with Crippen molar-refractivity contribution >= 4 is 11.6 Å². The normalized spacial score (nSPS) is 10.0. The molecule has 0 aliphatic rings. The highest BCUT2D eigenvalue weighted by atomic mass is 19.3. The molecular formula is C15H10F2N2O2. The van der Waals surface area contributed by atoms with Gasteiger partial charge in [0.15, 0.2) is 0 Å². The van der Waals surface area contributed by atoms with Crippen LogP contribution in [0.5, 0.6) is 5.75 Å². The Hall–Kier alpha value is -2.94. The third-order valence-corrected chi connectivity index (χ3v) is 2.59. The van der Waals surface area contributed by atoms with Crippen LogP contribution < -0.4 is 10.1 Å². The van der Waals surface area contributed by atoms with Crippen molar-refractivity contribution in [1.82, 2.24) is 0 Å². The van der Waals surface area contributed by atoms with Crippen LogP contribution in [0.25, 0.3) is 0 Å². The molecule has 0 aromatic heterocycles. The number of hydrogen-bond donors (Lipinski definition) is 1. The largest absolute Gasteiger partial charge is 0.435 e. The SMILES string of the molecule is N#Cc1ccc(NC(=O)c2cccc(OC(F)F)c2)cc1. The molecule has 1 amide bonds. The number of carbonyl (C=O) groups excluding carboxylic acids is 1. The molecule has 0 bridgehead atoms. The van der Waals surface area contributed by atoms with E-state index in [0.29, 0.717) is 11.3 Å². The number of nitrogens with one attached hydrogen (secondary N) is 1. The van der Waals surface area contributed by atoms with Crippen LogP contribution in [0.15, 0.2) is 48.5 Å². The van der Waals surface area contributed by atoms with Crippen LogP contribution in [0, 0.1) is 11.3 Å². The minimum Gasteiger partial charge on any atom is -0.435 e. The summed E-state index contributed by atoms with van der Waals surface area (Å²) < 4.78 is 28.5. The Morgan fingerprint density at radius 1 is 1.19 bits per heavy atom. The van der Waals surface area contributed by atoms with Gasteiger partial charge in [-0.15, -0.1) is 0 Å². The molecule has 4 nitrogen and oxygen atoms in total. The monoisotopic (exact) mass is 288 g/mol. The molecule has 0 unspecified atom stereocenters. The zero-order valence-electron chi connectivity index (χ0n) is 10.7. The third-order valence-electron chi connectivity index (χ3n) is 2.59. The number of carbonyl (C=O) groups is 1. The van der Waals surface area contributed by atoms with Gasteiger partial charge in [-0.25, -0.2) is 0 Å². The van der Waals surface area contributed by atoms with Crippen LogP contribution in [0.1, 0.15) is 15.9 Å². The second-order valence-corrected chi connectivity index (χ2v) is 4.05. The fourth-order valence-electron chi connectivity index (χ4n) is 1.64. The molecule has 6 heteroatoms.